The summed E-state index contributed by atoms with van der Waals surface area (Å²) in [7, 11) is 0. The van der Waals surface area contributed by atoms with E-state index in [0.29, 0.717) is 12.1 Å². The molecule has 1 amide bonds. The fourth-order valence-corrected chi connectivity index (χ4v) is 3.18. The Morgan fingerprint density at radius 2 is 1.81 bits per heavy atom. The molecule has 1 N–H and O–H groups in total. The highest BCUT2D eigenvalue weighted by molar-refractivity contribution is 9.10. The summed E-state index contributed by atoms with van der Waals surface area (Å²) in [5.74, 6) is 0.862. The van der Waals surface area contributed by atoms with Crippen molar-refractivity contribution in [2.45, 2.75) is 20.4 Å². The number of halogens is 1. The first kappa shape index (κ1) is 18.3. The molecule has 0 spiro atoms. The second-order valence-electron chi connectivity index (χ2n) is 5.91. The smallest absolute Gasteiger partial charge is 0.253 e. The molecule has 0 radical (unpaired) electrons. The second-order valence-corrected chi connectivity index (χ2v) is 6.83. The summed E-state index contributed by atoms with van der Waals surface area (Å²) in [6, 6.07) is 13.6. The molecule has 134 valence electrons. The van der Waals surface area contributed by atoms with Gasteiger partial charge < -0.3 is 10.2 Å². The van der Waals surface area contributed by atoms with Gasteiger partial charge in [-0.05, 0) is 49.7 Å². The second kappa shape index (κ2) is 8.27. The number of rotatable bonds is 6. The van der Waals surface area contributed by atoms with Crippen LogP contribution in [0.4, 0.5) is 5.82 Å². The largest absolute Gasteiger partial charge is 0.365 e. The highest BCUT2D eigenvalue weighted by atomic mass is 79.9. The highest BCUT2D eigenvalue weighted by Gasteiger charge is 2.12. The van der Waals surface area contributed by atoms with Crippen molar-refractivity contribution in [3.8, 4) is 0 Å². The molecule has 0 unspecified atom stereocenters. The van der Waals surface area contributed by atoms with E-state index in [9.17, 15) is 4.79 Å². The van der Waals surface area contributed by atoms with Crippen LogP contribution in [-0.4, -0.2) is 33.9 Å². The number of carbonyl (C=O) groups is 1. The topological polar surface area (TPSA) is 58.1 Å². The standard InChI is InChI=1S/C20H21BrN4O/c1-3-25(4-2)20(26)15-7-5-14(6-8-15)12-22-19-17-11-16(21)9-10-18(17)23-13-24-19/h5-11,13H,3-4,12H2,1-2H3,(H,22,23,24). The number of carbonyl (C=O) groups excluding carboxylic acids is 1. The molecule has 0 atom stereocenters. The Morgan fingerprint density at radius 1 is 1.08 bits per heavy atom. The number of benzene rings is 2. The van der Waals surface area contributed by atoms with Crippen molar-refractivity contribution in [2.24, 2.45) is 0 Å². The molecule has 0 saturated carbocycles. The first-order valence-corrected chi connectivity index (χ1v) is 9.44. The van der Waals surface area contributed by atoms with E-state index >= 15 is 0 Å². The van der Waals surface area contributed by atoms with Crippen LogP contribution in [0, 0.1) is 0 Å². The van der Waals surface area contributed by atoms with E-state index in [4.69, 9.17) is 0 Å². The Labute approximate surface area is 161 Å². The molecule has 26 heavy (non-hydrogen) atoms. The zero-order valence-corrected chi connectivity index (χ0v) is 16.5. The summed E-state index contributed by atoms with van der Waals surface area (Å²) < 4.78 is 0.988. The molecule has 0 bridgehead atoms. The highest BCUT2D eigenvalue weighted by Crippen LogP contribution is 2.23. The van der Waals surface area contributed by atoms with Crippen molar-refractivity contribution < 1.29 is 4.79 Å². The molecular weight excluding hydrogens is 392 g/mol. The number of fused-ring (bicyclic) bond motifs is 1. The van der Waals surface area contributed by atoms with Crippen molar-refractivity contribution in [2.75, 3.05) is 18.4 Å². The average Bonchev–Trinajstić information content (AvgIpc) is 2.67. The fraction of sp³-hybridized carbons (Fsp3) is 0.250. The maximum atomic E-state index is 12.4. The third kappa shape index (κ3) is 4.02. The van der Waals surface area contributed by atoms with Crippen LogP contribution in [-0.2, 0) is 6.54 Å². The van der Waals surface area contributed by atoms with E-state index < -0.39 is 0 Å². The van der Waals surface area contributed by atoms with E-state index in [1.54, 1.807) is 6.33 Å². The Balaban J connectivity index is 1.73. The third-order valence-electron chi connectivity index (χ3n) is 4.31. The van der Waals surface area contributed by atoms with Crippen molar-refractivity contribution in [1.82, 2.24) is 14.9 Å². The van der Waals surface area contributed by atoms with Gasteiger partial charge in [-0.2, -0.15) is 0 Å². The van der Waals surface area contributed by atoms with Gasteiger partial charge in [-0.25, -0.2) is 9.97 Å². The van der Waals surface area contributed by atoms with Crippen LogP contribution < -0.4 is 5.32 Å². The summed E-state index contributed by atoms with van der Waals surface area (Å²) in [5, 5.41) is 4.33. The van der Waals surface area contributed by atoms with E-state index in [1.807, 2.05) is 61.2 Å². The van der Waals surface area contributed by atoms with Gasteiger partial charge in [-0.1, -0.05) is 28.1 Å². The SMILES string of the molecule is CCN(CC)C(=O)c1ccc(CNc2ncnc3ccc(Br)cc23)cc1. The summed E-state index contributed by atoms with van der Waals surface area (Å²) in [4.78, 5) is 22.8. The Morgan fingerprint density at radius 3 is 2.50 bits per heavy atom. The molecule has 1 aromatic heterocycles. The summed E-state index contributed by atoms with van der Waals surface area (Å²) in [6.07, 6.45) is 1.56. The van der Waals surface area contributed by atoms with Gasteiger partial charge in [0.05, 0.1) is 5.52 Å². The van der Waals surface area contributed by atoms with Gasteiger partial charge in [0.25, 0.3) is 5.91 Å². The minimum atomic E-state index is 0.0705. The van der Waals surface area contributed by atoms with Crippen LogP contribution in [0.2, 0.25) is 0 Å². The Kier molecular flexibility index (Phi) is 5.83. The summed E-state index contributed by atoms with van der Waals surface area (Å²) in [6.45, 7) is 6.04. The Bertz CT molecular complexity index is 907. The molecule has 0 aliphatic carbocycles. The first-order valence-electron chi connectivity index (χ1n) is 8.64. The number of hydrogen-bond donors (Lipinski definition) is 1. The van der Waals surface area contributed by atoms with Crippen molar-refractivity contribution in [1.29, 1.82) is 0 Å². The third-order valence-corrected chi connectivity index (χ3v) is 4.80. The fourth-order valence-electron chi connectivity index (χ4n) is 2.81. The molecule has 3 aromatic rings. The van der Waals surface area contributed by atoms with Gasteiger partial charge in [0, 0.05) is 35.1 Å². The van der Waals surface area contributed by atoms with Crippen LogP contribution in [0.15, 0.2) is 53.3 Å². The number of hydrogen-bond acceptors (Lipinski definition) is 4. The van der Waals surface area contributed by atoms with Crippen molar-refractivity contribution in [3.63, 3.8) is 0 Å². The zero-order chi connectivity index (χ0) is 18.5. The zero-order valence-electron chi connectivity index (χ0n) is 14.9. The molecule has 2 aromatic carbocycles. The van der Waals surface area contributed by atoms with E-state index in [2.05, 4.69) is 31.2 Å². The Hall–Kier alpha value is -2.47. The number of nitrogens with zero attached hydrogens (tertiary/aromatic N) is 3. The number of anilines is 1. The van der Waals surface area contributed by atoms with E-state index in [-0.39, 0.29) is 5.91 Å². The monoisotopic (exact) mass is 412 g/mol. The van der Waals surface area contributed by atoms with Gasteiger partial charge in [0.15, 0.2) is 0 Å². The van der Waals surface area contributed by atoms with Crippen LogP contribution in [0.25, 0.3) is 10.9 Å². The predicted octanol–water partition coefficient (Wildman–Crippen LogP) is 4.49. The lowest BCUT2D eigenvalue weighted by Gasteiger charge is -2.18. The lowest BCUT2D eigenvalue weighted by Crippen LogP contribution is -2.30. The molecule has 0 aliphatic heterocycles. The number of amides is 1. The van der Waals surface area contributed by atoms with Gasteiger partial charge in [-0.15, -0.1) is 0 Å². The van der Waals surface area contributed by atoms with Gasteiger partial charge in [-0.3, -0.25) is 4.79 Å². The minimum absolute atomic E-state index is 0.0705. The molecular formula is C20H21BrN4O. The van der Waals surface area contributed by atoms with E-state index in [0.717, 1.165) is 39.8 Å². The molecule has 0 saturated heterocycles. The molecule has 1 heterocycles. The summed E-state index contributed by atoms with van der Waals surface area (Å²) in [5.41, 5.74) is 2.70. The van der Waals surface area contributed by atoms with Crippen molar-refractivity contribution in [3.05, 3.63) is 64.4 Å². The van der Waals surface area contributed by atoms with Gasteiger partial charge in [0.2, 0.25) is 0 Å². The molecule has 0 fully saturated rings. The average molecular weight is 413 g/mol. The maximum absolute atomic E-state index is 12.4. The van der Waals surface area contributed by atoms with Gasteiger partial charge >= 0.3 is 0 Å². The van der Waals surface area contributed by atoms with Crippen LogP contribution in [0.1, 0.15) is 29.8 Å². The lowest BCUT2D eigenvalue weighted by molar-refractivity contribution is 0.0773. The maximum Gasteiger partial charge on any atom is 0.253 e. The first-order chi connectivity index (χ1) is 12.6. The quantitative estimate of drug-likeness (QED) is 0.647. The number of aromatic nitrogens is 2. The van der Waals surface area contributed by atoms with Crippen molar-refractivity contribution >= 4 is 38.6 Å². The van der Waals surface area contributed by atoms with E-state index in [1.165, 1.54) is 0 Å². The normalized spacial score (nSPS) is 10.7. The van der Waals surface area contributed by atoms with Gasteiger partial charge in [0.1, 0.15) is 12.1 Å². The minimum Gasteiger partial charge on any atom is -0.365 e. The number of nitrogens with one attached hydrogen (secondary N) is 1. The van der Waals surface area contributed by atoms with Crippen LogP contribution in [0.5, 0.6) is 0 Å². The van der Waals surface area contributed by atoms with Crippen LogP contribution in [0.3, 0.4) is 0 Å². The molecule has 5 nitrogen and oxygen atoms in total. The molecule has 6 heteroatoms. The van der Waals surface area contributed by atoms with Crippen LogP contribution >= 0.6 is 15.9 Å². The predicted molar refractivity (Wildman–Crippen MR) is 108 cm³/mol. The molecule has 0 aliphatic rings. The summed E-state index contributed by atoms with van der Waals surface area (Å²) >= 11 is 3.49. The molecule has 3 rings (SSSR count). The lowest BCUT2D eigenvalue weighted by atomic mass is 10.1.